The summed E-state index contributed by atoms with van der Waals surface area (Å²) in [7, 11) is -2.36. The number of amides is 1. The highest BCUT2D eigenvalue weighted by molar-refractivity contribution is 9.10. The monoisotopic (exact) mass is 468 g/mol. The van der Waals surface area contributed by atoms with E-state index in [0.717, 1.165) is 25.5 Å². The van der Waals surface area contributed by atoms with Gasteiger partial charge in [0, 0.05) is 23.8 Å². The maximum Gasteiger partial charge on any atom is 0.243 e. The van der Waals surface area contributed by atoms with Crippen LogP contribution >= 0.6 is 15.9 Å². The van der Waals surface area contributed by atoms with Crippen molar-refractivity contribution < 1.29 is 17.9 Å². The third-order valence-electron chi connectivity index (χ3n) is 4.51. The molecule has 6 nitrogen and oxygen atoms in total. The molecule has 2 aromatic rings. The Kier molecular flexibility index (Phi) is 7.77. The maximum absolute atomic E-state index is 13.1. The minimum atomic E-state index is -3.85. The van der Waals surface area contributed by atoms with Gasteiger partial charge in [0.15, 0.2) is 0 Å². The number of halogens is 1. The van der Waals surface area contributed by atoms with E-state index in [1.807, 2.05) is 32.9 Å². The second kappa shape index (κ2) is 9.65. The highest BCUT2D eigenvalue weighted by Gasteiger charge is 2.27. The fourth-order valence-electron chi connectivity index (χ4n) is 2.64. The molecular formula is C20H25BrN2O4S. The molecule has 0 radical (unpaired) electrons. The molecular weight excluding hydrogens is 444 g/mol. The summed E-state index contributed by atoms with van der Waals surface area (Å²) in [4.78, 5) is 12.7. The van der Waals surface area contributed by atoms with Crippen molar-refractivity contribution in [3.8, 4) is 0 Å². The Morgan fingerprint density at radius 3 is 2.50 bits per heavy atom. The van der Waals surface area contributed by atoms with Crippen LogP contribution in [0, 0.1) is 20.8 Å². The zero-order valence-corrected chi connectivity index (χ0v) is 18.9. The first-order chi connectivity index (χ1) is 13.2. The molecule has 0 aliphatic rings. The van der Waals surface area contributed by atoms with Gasteiger partial charge in [-0.05, 0) is 61.7 Å². The second-order valence-electron chi connectivity index (χ2n) is 6.54. The van der Waals surface area contributed by atoms with Crippen molar-refractivity contribution in [2.45, 2.75) is 25.7 Å². The molecule has 0 heterocycles. The van der Waals surface area contributed by atoms with Crippen LogP contribution in [-0.2, 0) is 19.6 Å². The molecule has 0 bridgehead atoms. The fraction of sp³-hybridized carbons (Fsp3) is 0.350. The van der Waals surface area contributed by atoms with E-state index < -0.39 is 15.9 Å². The smallest absolute Gasteiger partial charge is 0.243 e. The third kappa shape index (κ3) is 5.41. The van der Waals surface area contributed by atoms with Gasteiger partial charge in [-0.25, -0.2) is 8.42 Å². The maximum atomic E-state index is 13.1. The third-order valence-corrected chi connectivity index (χ3v) is 7.24. The summed E-state index contributed by atoms with van der Waals surface area (Å²) in [6.07, 6.45) is 0. The van der Waals surface area contributed by atoms with E-state index in [2.05, 4.69) is 21.2 Å². The lowest BCUT2D eigenvalue weighted by Gasteiger charge is -2.22. The Labute approximate surface area is 175 Å². The van der Waals surface area contributed by atoms with Crippen molar-refractivity contribution in [2.24, 2.45) is 0 Å². The molecule has 28 heavy (non-hydrogen) atoms. The van der Waals surface area contributed by atoms with Crippen LogP contribution in [0.1, 0.15) is 16.7 Å². The number of carbonyl (C=O) groups is 1. The molecule has 0 unspecified atom stereocenters. The molecule has 0 aliphatic heterocycles. The van der Waals surface area contributed by atoms with Crippen LogP contribution in [-0.4, -0.2) is 45.4 Å². The Hall–Kier alpha value is -1.74. The van der Waals surface area contributed by atoms with Crippen LogP contribution in [0.15, 0.2) is 45.8 Å². The summed E-state index contributed by atoms with van der Waals surface area (Å²) >= 11 is 3.37. The van der Waals surface area contributed by atoms with Gasteiger partial charge < -0.3 is 10.1 Å². The fourth-order valence-corrected chi connectivity index (χ4v) is 4.35. The summed E-state index contributed by atoms with van der Waals surface area (Å²) in [5.74, 6) is -0.401. The molecule has 8 heteroatoms. The molecule has 0 saturated heterocycles. The Morgan fingerprint density at radius 1 is 1.14 bits per heavy atom. The predicted octanol–water partition coefficient (Wildman–Crippen LogP) is 3.65. The Bertz CT molecular complexity index is 961. The van der Waals surface area contributed by atoms with Gasteiger partial charge in [-0.1, -0.05) is 28.1 Å². The summed E-state index contributed by atoms with van der Waals surface area (Å²) in [6, 6.07) is 10.4. The molecule has 0 fully saturated rings. The lowest BCUT2D eigenvalue weighted by atomic mass is 10.1. The molecule has 0 saturated carbocycles. The zero-order chi connectivity index (χ0) is 20.9. The van der Waals surface area contributed by atoms with E-state index in [4.69, 9.17) is 4.74 Å². The van der Waals surface area contributed by atoms with Gasteiger partial charge in [0.25, 0.3) is 0 Å². The number of nitrogens with zero attached hydrogens (tertiary/aromatic N) is 1. The van der Waals surface area contributed by atoms with Gasteiger partial charge in [-0.15, -0.1) is 0 Å². The van der Waals surface area contributed by atoms with Crippen LogP contribution in [0.5, 0.6) is 0 Å². The first-order valence-electron chi connectivity index (χ1n) is 8.78. The molecule has 2 rings (SSSR count). The van der Waals surface area contributed by atoms with Gasteiger partial charge in [0.05, 0.1) is 18.0 Å². The SMILES string of the molecule is COCCN(CC(=O)Nc1cccc(C)c1C)S(=O)(=O)c1ccc(Br)c(C)c1. The molecule has 1 amide bonds. The van der Waals surface area contributed by atoms with Crippen LogP contribution in [0.2, 0.25) is 0 Å². The van der Waals surface area contributed by atoms with E-state index in [9.17, 15) is 13.2 Å². The highest BCUT2D eigenvalue weighted by Crippen LogP contribution is 2.23. The van der Waals surface area contributed by atoms with Gasteiger partial charge in [0.2, 0.25) is 15.9 Å². The number of hydrogen-bond donors (Lipinski definition) is 1. The van der Waals surface area contributed by atoms with E-state index in [1.54, 1.807) is 18.2 Å². The van der Waals surface area contributed by atoms with Crippen molar-refractivity contribution in [3.05, 3.63) is 57.6 Å². The highest BCUT2D eigenvalue weighted by atomic mass is 79.9. The lowest BCUT2D eigenvalue weighted by Crippen LogP contribution is -2.40. The molecule has 0 aromatic heterocycles. The van der Waals surface area contributed by atoms with Gasteiger partial charge in [0.1, 0.15) is 0 Å². The van der Waals surface area contributed by atoms with Crippen molar-refractivity contribution in [1.29, 1.82) is 0 Å². The standard InChI is InChI=1S/C20H25BrN2O4S/c1-14-6-5-7-19(16(14)3)22-20(24)13-23(10-11-27-4)28(25,26)17-8-9-18(21)15(2)12-17/h5-9,12H,10-11,13H2,1-4H3,(H,22,24). The number of aryl methyl sites for hydroxylation is 2. The average molecular weight is 469 g/mol. The molecule has 2 aromatic carbocycles. The number of anilines is 1. The number of rotatable bonds is 8. The normalized spacial score (nSPS) is 11.6. The molecule has 152 valence electrons. The van der Waals surface area contributed by atoms with E-state index >= 15 is 0 Å². The van der Waals surface area contributed by atoms with Crippen molar-refractivity contribution >= 4 is 37.5 Å². The van der Waals surface area contributed by atoms with Gasteiger partial charge >= 0.3 is 0 Å². The quantitative estimate of drug-likeness (QED) is 0.641. The first kappa shape index (κ1) is 22.5. The van der Waals surface area contributed by atoms with Crippen LogP contribution in [0.25, 0.3) is 0 Å². The zero-order valence-electron chi connectivity index (χ0n) is 16.5. The largest absolute Gasteiger partial charge is 0.383 e. The number of hydrogen-bond acceptors (Lipinski definition) is 4. The summed E-state index contributed by atoms with van der Waals surface area (Å²) < 4.78 is 33.2. The first-order valence-corrected chi connectivity index (χ1v) is 11.0. The topological polar surface area (TPSA) is 75.7 Å². The number of carbonyl (C=O) groups excluding carboxylic acids is 1. The molecule has 0 aliphatic carbocycles. The molecule has 1 N–H and O–H groups in total. The van der Waals surface area contributed by atoms with Crippen LogP contribution in [0.4, 0.5) is 5.69 Å². The van der Waals surface area contributed by atoms with Crippen molar-refractivity contribution in [1.82, 2.24) is 4.31 Å². The van der Waals surface area contributed by atoms with E-state index in [-0.39, 0.29) is 24.6 Å². The van der Waals surface area contributed by atoms with E-state index in [0.29, 0.717) is 5.69 Å². The average Bonchev–Trinajstić information content (AvgIpc) is 2.64. The van der Waals surface area contributed by atoms with Gasteiger partial charge in [-0.3, -0.25) is 4.79 Å². The summed E-state index contributed by atoms with van der Waals surface area (Å²) in [5, 5.41) is 2.81. The van der Waals surface area contributed by atoms with Gasteiger partial charge in [-0.2, -0.15) is 4.31 Å². The predicted molar refractivity (Wildman–Crippen MR) is 114 cm³/mol. The van der Waals surface area contributed by atoms with Crippen LogP contribution in [0.3, 0.4) is 0 Å². The molecule has 0 atom stereocenters. The Balaban J connectivity index is 2.25. The van der Waals surface area contributed by atoms with Crippen molar-refractivity contribution in [3.63, 3.8) is 0 Å². The number of nitrogens with one attached hydrogen (secondary N) is 1. The number of methoxy groups -OCH3 is 1. The summed E-state index contributed by atoms with van der Waals surface area (Å²) in [6.45, 7) is 5.65. The minimum absolute atomic E-state index is 0.0775. The van der Waals surface area contributed by atoms with E-state index in [1.165, 1.54) is 13.2 Å². The summed E-state index contributed by atoms with van der Waals surface area (Å²) in [5.41, 5.74) is 3.47. The number of benzene rings is 2. The Morgan fingerprint density at radius 2 is 1.86 bits per heavy atom. The number of sulfonamides is 1. The number of ether oxygens (including phenoxy) is 1. The van der Waals surface area contributed by atoms with Crippen LogP contribution < -0.4 is 5.32 Å². The lowest BCUT2D eigenvalue weighted by molar-refractivity contribution is -0.116. The minimum Gasteiger partial charge on any atom is -0.383 e. The van der Waals surface area contributed by atoms with Crippen molar-refractivity contribution in [2.75, 3.05) is 32.1 Å². The second-order valence-corrected chi connectivity index (χ2v) is 9.33. The molecule has 0 spiro atoms.